The second kappa shape index (κ2) is 46.1. The Hall–Kier alpha value is -1.36. The van der Waals surface area contributed by atoms with Crippen LogP contribution in [0.4, 0.5) is 0 Å². The number of aliphatic hydroxyl groups excluding tert-OH is 12. The van der Waals surface area contributed by atoms with Gasteiger partial charge in [0.15, 0.2) is 25.2 Å². The van der Waals surface area contributed by atoms with Crippen LogP contribution in [0.1, 0.15) is 34.6 Å². The van der Waals surface area contributed by atoms with Gasteiger partial charge in [0, 0.05) is 25.7 Å². The van der Waals surface area contributed by atoms with Crippen LogP contribution in [0.25, 0.3) is 0 Å². The van der Waals surface area contributed by atoms with Crippen LogP contribution in [-0.2, 0) is 104 Å². The lowest BCUT2D eigenvalue weighted by Crippen LogP contribution is -2.68. The zero-order chi connectivity index (χ0) is 66.8. The van der Waals surface area contributed by atoms with Crippen LogP contribution in [0.15, 0.2) is 0 Å². The van der Waals surface area contributed by atoms with Crippen molar-refractivity contribution in [3.63, 3.8) is 0 Å². The Labute approximate surface area is 537 Å². The van der Waals surface area contributed by atoms with Crippen molar-refractivity contribution in [3.8, 4) is 0 Å². The molecule has 5 heterocycles. The number of ether oxygens (including phenoxy) is 22. The Bertz CT molecular complexity index is 1830. The highest BCUT2D eigenvalue weighted by molar-refractivity contribution is 5.00. The van der Waals surface area contributed by atoms with E-state index in [0.717, 1.165) is 0 Å². The monoisotopic (exact) mass is 1350 g/mol. The van der Waals surface area contributed by atoms with Crippen molar-refractivity contribution >= 4 is 0 Å². The lowest BCUT2D eigenvalue weighted by Gasteiger charge is -2.50. The van der Waals surface area contributed by atoms with Gasteiger partial charge >= 0.3 is 0 Å². The standard InChI is InChI=1S/C58H108O34/c1-6-71-17-21-78-31-38-52(45(68)49(81-8-3)35(5)84-38)90-56-44(67)42(65)51(39(87-56)32-80-24-20-74-14-10-60)89-55-43(66)41(64)50(36(29-63)85-55)92-58-54(83-28-26-76-16-12-62)46(69)53(40(88-58)33-79-22-18-72-7-2)91-57-47(70)48(82-27-25-75-15-11-61)34(4)37(86-57)30-77-23-19-73-13-9-59/h34-70H,6-33H2,1-5H3. The molecule has 0 radical (unpaired) electrons. The SMILES string of the molecule is CCOCCOCC1OC(C)C(OCC)C(O)C1OC1OC(COCCOCCO)C(OC2OC(CO)C(OC3OC(COCCOCC)C(OC4OC(COCCOCCO)C(C)C(OCCOCCO)C4O)C(O)C3OCCOCCO)C(O)C2O)C(O)C1O. The maximum Gasteiger partial charge on any atom is 0.187 e. The smallest absolute Gasteiger partial charge is 0.187 e. The van der Waals surface area contributed by atoms with Gasteiger partial charge in [-0.2, -0.15) is 0 Å². The Kier molecular flexibility index (Phi) is 40.7. The van der Waals surface area contributed by atoms with Gasteiger partial charge < -0.3 is 165 Å². The highest BCUT2D eigenvalue weighted by Gasteiger charge is 2.57. The fourth-order valence-electron chi connectivity index (χ4n) is 10.9. The van der Waals surface area contributed by atoms with Gasteiger partial charge in [0.05, 0.1) is 183 Å². The number of aliphatic hydroxyl groups is 12. The molecule has 25 unspecified atom stereocenters. The Morgan fingerprint density at radius 1 is 0.272 bits per heavy atom. The maximum absolute atomic E-state index is 12.5. The molecule has 25 atom stereocenters. The Morgan fingerprint density at radius 3 is 1.05 bits per heavy atom. The second-order valence-corrected chi connectivity index (χ2v) is 22.1. The molecule has 5 aliphatic rings. The summed E-state index contributed by atoms with van der Waals surface area (Å²) in [6.07, 6.45) is -35.8. The molecule has 5 rings (SSSR count). The van der Waals surface area contributed by atoms with Crippen LogP contribution < -0.4 is 0 Å². The predicted molar refractivity (Wildman–Crippen MR) is 310 cm³/mol. The Balaban J connectivity index is 1.40. The molecule has 0 aromatic rings. The molecule has 0 amide bonds. The van der Waals surface area contributed by atoms with E-state index in [1.165, 1.54) is 0 Å². The van der Waals surface area contributed by atoms with Gasteiger partial charge in [-0.05, 0) is 27.7 Å². The summed E-state index contributed by atoms with van der Waals surface area (Å²) < 4.78 is 131. The van der Waals surface area contributed by atoms with Crippen LogP contribution in [0, 0.1) is 5.92 Å². The number of hydrogen-bond acceptors (Lipinski definition) is 34. The van der Waals surface area contributed by atoms with E-state index in [9.17, 15) is 56.2 Å². The molecule has 0 spiro atoms. The molecule has 5 saturated heterocycles. The zero-order valence-electron chi connectivity index (χ0n) is 53.6. The summed E-state index contributed by atoms with van der Waals surface area (Å²) in [4.78, 5) is 0. The molecule has 544 valence electrons. The van der Waals surface area contributed by atoms with Crippen molar-refractivity contribution in [2.75, 3.05) is 185 Å². The summed E-state index contributed by atoms with van der Waals surface area (Å²) in [7, 11) is 0. The topological polar surface area (TPSA) is 446 Å². The molecule has 34 heteroatoms. The molecule has 0 aromatic carbocycles. The van der Waals surface area contributed by atoms with Gasteiger partial charge in [-0.25, -0.2) is 0 Å². The fourth-order valence-corrected chi connectivity index (χ4v) is 10.9. The summed E-state index contributed by atoms with van der Waals surface area (Å²) in [6.45, 7) is 7.87. The largest absolute Gasteiger partial charge is 0.394 e. The molecular formula is C58H108O34. The highest BCUT2D eigenvalue weighted by atomic mass is 16.8. The third-order valence-electron chi connectivity index (χ3n) is 15.6. The summed E-state index contributed by atoms with van der Waals surface area (Å²) in [5, 5.41) is 132. The third-order valence-corrected chi connectivity index (χ3v) is 15.6. The first kappa shape index (κ1) is 81.3. The van der Waals surface area contributed by atoms with E-state index in [0.29, 0.717) is 13.2 Å². The molecule has 12 N–H and O–H groups in total. The average Bonchev–Trinajstić information content (AvgIpc) is 0.797. The molecule has 0 aliphatic carbocycles. The molecular weight excluding hydrogens is 1240 g/mol. The van der Waals surface area contributed by atoms with Crippen molar-refractivity contribution < 1.29 is 165 Å². The van der Waals surface area contributed by atoms with Crippen molar-refractivity contribution in [1.29, 1.82) is 0 Å². The first-order valence-corrected chi connectivity index (χ1v) is 32.0. The van der Waals surface area contributed by atoms with Gasteiger partial charge in [0.2, 0.25) is 0 Å². The minimum absolute atomic E-state index is 0.00469. The van der Waals surface area contributed by atoms with E-state index >= 15 is 0 Å². The quantitative estimate of drug-likeness (QED) is 0.0252. The van der Waals surface area contributed by atoms with Gasteiger partial charge in [0.25, 0.3) is 0 Å². The van der Waals surface area contributed by atoms with Crippen LogP contribution in [-0.4, -0.2) is 394 Å². The van der Waals surface area contributed by atoms with Crippen LogP contribution in [0.3, 0.4) is 0 Å². The normalized spacial score (nSPS) is 37.1. The van der Waals surface area contributed by atoms with E-state index < -0.39 is 166 Å². The molecule has 0 saturated carbocycles. The molecule has 5 fully saturated rings. The number of rotatable bonds is 49. The summed E-state index contributed by atoms with van der Waals surface area (Å²) in [5.74, 6) is -0.528. The summed E-state index contributed by atoms with van der Waals surface area (Å²) in [5.41, 5.74) is 0. The highest BCUT2D eigenvalue weighted by Crippen LogP contribution is 2.38. The van der Waals surface area contributed by atoms with E-state index in [1.807, 2.05) is 6.92 Å². The lowest BCUT2D eigenvalue weighted by molar-refractivity contribution is -0.394. The maximum atomic E-state index is 12.5. The second-order valence-electron chi connectivity index (χ2n) is 22.1. The summed E-state index contributed by atoms with van der Waals surface area (Å²) >= 11 is 0. The molecule has 0 aromatic heterocycles. The molecule has 0 bridgehead atoms. The van der Waals surface area contributed by atoms with Gasteiger partial charge in [-0.15, -0.1) is 0 Å². The Morgan fingerprint density at radius 2 is 0.609 bits per heavy atom. The molecule has 5 aliphatic heterocycles. The minimum atomic E-state index is -2.08. The number of hydrogen-bond donors (Lipinski definition) is 12. The zero-order valence-corrected chi connectivity index (χ0v) is 53.6. The van der Waals surface area contributed by atoms with E-state index in [1.54, 1.807) is 27.7 Å². The lowest BCUT2D eigenvalue weighted by atomic mass is 9.90. The minimum Gasteiger partial charge on any atom is -0.394 e. The van der Waals surface area contributed by atoms with Gasteiger partial charge in [0.1, 0.15) is 104 Å². The average molecular weight is 1350 g/mol. The van der Waals surface area contributed by atoms with Crippen LogP contribution in [0.5, 0.6) is 0 Å². The third kappa shape index (κ3) is 25.4. The van der Waals surface area contributed by atoms with Crippen LogP contribution in [0.2, 0.25) is 0 Å². The van der Waals surface area contributed by atoms with Crippen molar-refractivity contribution in [2.24, 2.45) is 5.92 Å². The fraction of sp³-hybridized carbons (Fsp3) is 1.00. The van der Waals surface area contributed by atoms with Gasteiger partial charge in [-0.3, -0.25) is 0 Å². The van der Waals surface area contributed by atoms with Crippen molar-refractivity contribution in [1.82, 2.24) is 0 Å². The van der Waals surface area contributed by atoms with Crippen molar-refractivity contribution in [2.45, 2.75) is 182 Å². The van der Waals surface area contributed by atoms with Crippen molar-refractivity contribution in [3.05, 3.63) is 0 Å². The first-order valence-electron chi connectivity index (χ1n) is 32.0. The molecule has 92 heavy (non-hydrogen) atoms. The van der Waals surface area contributed by atoms with E-state index in [-0.39, 0.29) is 159 Å². The van der Waals surface area contributed by atoms with E-state index in [2.05, 4.69) is 0 Å². The first-order chi connectivity index (χ1) is 44.6. The summed E-state index contributed by atoms with van der Waals surface area (Å²) in [6, 6.07) is 0. The van der Waals surface area contributed by atoms with E-state index in [4.69, 9.17) is 109 Å². The van der Waals surface area contributed by atoms with Crippen LogP contribution >= 0.6 is 0 Å². The van der Waals surface area contributed by atoms with Gasteiger partial charge in [-0.1, -0.05) is 6.92 Å². The molecule has 34 nitrogen and oxygen atoms in total. The predicted octanol–water partition coefficient (Wildman–Crippen LogP) is -6.28.